The topological polar surface area (TPSA) is 85.2 Å². The molecule has 0 saturated carbocycles. The molecule has 2 aromatic rings. The molecule has 1 fully saturated rings. The Balaban J connectivity index is 2.01. The molecule has 1 atom stereocenters. The van der Waals surface area contributed by atoms with Crippen LogP contribution in [0.4, 0.5) is 5.82 Å². The second-order valence-corrected chi connectivity index (χ2v) is 4.06. The zero-order valence-corrected chi connectivity index (χ0v) is 8.82. The summed E-state index contributed by atoms with van der Waals surface area (Å²) >= 11 is 0. The fourth-order valence-electron chi connectivity index (χ4n) is 2.10. The molecule has 0 bridgehead atoms. The maximum Gasteiger partial charge on any atom is 0.199 e. The van der Waals surface area contributed by atoms with Crippen LogP contribution in [0.25, 0.3) is 5.65 Å². The van der Waals surface area contributed by atoms with Crippen LogP contribution in [0, 0.1) is 0 Å². The quantitative estimate of drug-likeness (QED) is 0.692. The van der Waals surface area contributed by atoms with Gasteiger partial charge in [-0.05, 0) is 23.3 Å². The third-order valence-electron chi connectivity index (χ3n) is 2.87. The van der Waals surface area contributed by atoms with E-state index in [2.05, 4.69) is 25.4 Å². The van der Waals surface area contributed by atoms with E-state index in [-0.39, 0.29) is 6.04 Å². The van der Waals surface area contributed by atoms with Gasteiger partial charge in [0.25, 0.3) is 0 Å². The minimum absolute atomic E-state index is 0.223. The summed E-state index contributed by atoms with van der Waals surface area (Å²) in [5.41, 5.74) is 6.62. The maximum atomic E-state index is 5.96. The zero-order chi connectivity index (χ0) is 11.0. The van der Waals surface area contributed by atoms with Gasteiger partial charge in [-0.1, -0.05) is 0 Å². The molecule has 0 unspecified atom stereocenters. The molecule has 2 N–H and O–H groups in total. The first-order chi connectivity index (χ1) is 7.84. The number of aromatic nitrogens is 5. The molecule has 7 nitrogen and oxygen atoms in total. The van der Waals surface area contributed by atoms with Crippen molar-refractivity contribution in [1.82, 2.24) is 25.0 Å². The number of nitrogens with zero attached hydrogens (tertiary/aromatic N) is 6. The summed E-state index contributed by atoms with van der Waals surface area (Å²) in [7, 11) is 0. The fourth-order valence-corrected chi connectivity index (χ4v) is 2.10. The third-order valence-corrected chi connectivity index (χ3v) is 2.87. The van der Waals surface area contributed by atoms with Crippen molar-refractivity contribution in [2.24, 2.45) is 5.73 Å². The zero-order valence-electron chi connectivity index (χ0n) is 8.82. The number of hydrogen-bond acceptors (Lipinski definition) is 6. The van der Waals surface area contributed by atoms with Crippen molar-refractivity contribution in [3.8, 4) is 0 Å². The van der Waals surface area contributed by atoms with Crippen molar-refractivity contribution in [3.05, 3.63) is 12.4 Å². The molecule has 1 aliphatic heterocycles. The molecule has 0 amide bonds. The van der Waals surface area contributed by atoms with Gasteiger partial charge in [0.05, 0.1) is 12.4 Å². The van der Waals surface area contributed by atoms with Crippen molar-refractivity contribution in [2.45, 2.75) is 18.9 Å². The number of piperidine rings is 1. The summed E-state index contributed by atoms with van der Waals surface area (Å²) in [6, 6.07) is 0.223. The molecule has 3 rings (SSSR count). The lowest BCUT2D eigenvalue weighted by Crippen LogP contribution is -2.43. The first-order valence-electron chi connectivity index (χ1n) is 5.37. The highest BCUT2D eigenvalue weighted by Crippen LogP contribution is 2.17. The Labute approximate surface area is 92.3 Å². The number of tetrazole rings is 1. The van der Waals surface area contributed by atoms with E-state index in [4.69, 9.17) is 5.73 Å². The van der Waals surface area contributed by atoms with Crippen molar-refractivity contribution in [3.63, 3.8) is 0 Å². The van der Waals surface area contributed by atoms with Gasteiger partial charge in [0.2, 0.25) is 0 Å². The average molecular weight is 219 g/mol. The molecule has 0 radical (unpaired) electrons. The van der Waals surface area contributed by atoms with E-state index in [1.54, 1.807) is 16.9 Å². The van der Waals surface area contributed by atoms with Gasteiger partial charge in [-0.3, -0.25) is 4.98 Å². The Morgan fingerprint density at radius 3 is 3.19 bits per heavy atom. The van der Waals surface area contributed by atoms with Crippen LogP contribution in [-0.4, -0.2) is 44.2 Å². The Morgan fingerprint density at radius 1 is 1.38 bits per heavy atom. The summed E-state index contributed by atoms with van der Waals surface area (Å²) in [6.07, 6.45) is 5.60. The summed E-state index contributed by atoms with van der Waals surface area (Å²) in [6.45, 7) is 1.81. The van der Waals surface area contributed by atoms with Gasteiger partial charge in [-0.15, -0.1) is 5.10 Å². The lowest BCUT2D eigenvalue weighted by molar-refractivity contribution is 0.499. The first kappa shape index (κ1) is 9.46. The molecular weight excluding hydrogens is 206 g/mol. The van der Waals surface area contributed by atoms with Crippen LogP contribution >= 0.6 is 0 Å². The molecule has 16 heavy (non-hydrogen) atoms. The van der Waals surface area contributed by atoms with E-state index in [0.29, 0.717) is 5.65 Å². The molecule has 1 aliphatic rings. The lowest BCUT2D eigenvalue weighted by atomic mass is 10.1. The standard InChI is InChI=1S/C9H13N7/c10-7-2-1-3-15(6-7)9-5-11-4-8-12-13-14-16(8)9/h4-5,7H,1-3,6,10H2/t7-/m1/s1. The SMILES string of the molecule is N[C@@H]1CCCN(c2cncc3nnnn23)C1. The summed E-state index contributed by atoms with van der Waals surface area (Å²) in [4.78, 5) is 6.32. The highest BCUT2D eigenvalue weighted by atomic mass is 15.5. The lowest BCUT2D eigenvalue weighted by Gasteiger charge is -2.31. The normalized spacial score (nSPS) is 21.6. The van der Waals surface area contributed by atoms with Gasteiger partial charge >= 0.3 is 0 Å². The van der Waals surface area contributed by atoms with Gasteiger partial charge in [0.15, 0.2) is 11.5 Å². The molecule has 2 aromatic heterocycles. The molecule has 0 spiro atoms. The van der Waals surface area contributed by atoms with Crippen molar-refractivity contribution in [2.75, 3.05) is 18.0 Å². The number of hydrogen-bond donors (Lipinski definition) is 1. The number of rotatable bonds is 1. The summed E-state index contributed by atoms with van der Waals surface area (Å²) in [5.74, 6) is 0.914. The number of anilines is 1. The van der Waals surface area contributed by atoms with Crippen LogP contribution in [-0.2, 0) is 0 Å². The minimum Gasteiger partial charge on any atom is -0.354 e. The molecular formula is C9H13N7. The largest absolute Gasteiger partial charge is 0.354 e. The minimum atomic E-state index is 0.223. The molecule has 0 aliphatic carbocycles. The molecule has 7 heteroatoms. The smallest absolute Gasteiger partial charge is 0.199 e. The Bertz CT molecular complexity index is 493. The van der Waals surface area contributed by atoms with Crippen molar-refractivity contribution >= 4 is 11.5 Å². The Kier molecular flexibility index (Phi) is 2.17. The second kappa shape index (κ2) is 3.67. The average Bonchev–Trinajstić information content (AvgIpc) is 2.76. The predicted octanol–water partition coefficient (Wildman–Crippen LogP) is -0.553. The molecule has 84 valence electrons. The van der Waals surface area contributed by atoms with Crippen LogP contribution in [0.15, 0.2) is 12.4 Å². The van der Waals surface area contributed by atoms with E-state index >= 15 is 0 Å². The second-order valence-electron chi connectivity index (χ2n) is 4.06. The van der Waals surface area contributed by atoms with E-state index in [0.717, 1.165) is 31.7 Å². The van der Waals surface area contributed by atoms with Gasteiger partial charge in [-0.2, -0.15) is 4.52 Å². The molecule has 3 heterocycles. The van der Waals surface area contributed by atoms with Gasteiger partial charge in [0, 0.05) is 19.1 Å². The Morgan fingerprint density at radius 2 is 2.31 bits per heavy atom. The van der Waals surface area contributed by atoms with Crippen LogP contribution in [0.5, 0.6) is 0 Å². The van der Waals surface area contributed by atoms with Crippen LogP contribution in [0.2, 0.25) is 0 Å². The van der Waals surface area contributed by atoms with E-state index in [1.807, 2.05) is 0 Å². The van der Waals surface area contributed by atoms with Crippen LogP contribution < -0.4 is 10.6 Å². The van der Waals surface area contributed by atoms with Crippen molar-refractivity contribution < 1.29 is 0 Å². The van der Waals surface area contributed by atoms with E-state index in [1.165, 1.54) is 0 Å². The summed E-state index contributed by atoms with van der Waals surface area (Å²) < 4.78 is 1.70. The van der Waals surface area contributed by atoms with Crippen LogP contribution in [0.1, 0.15) is 12.8 Å². The highest BCUT2D eigenvalue weighted by molar-refractivity contribution is 5.46. The van der Waals surface area contributed by atoms with Gasteiger partial charge in [0.1, 0.15) is 0 Å². The summed E-state index contributed by atoms with van der Waals surface area (Å²) in [5, 5.41) is 11.5. The monoisotopic (exact) mass is 219 g/mol. The van der Waals surface area contributed by atoms with E-state index < -0.39 is 0 Å². The highest BCUT2D eigenvalue weighted by Gasteiger charge is 2.19. The molecule has 0 aromatic carbocycles. The fraction of sp³-hybridized carbons (Fsp3) is 0.556. The first-order valence-corrected chi connectivity index (χ1v) is 5.37. The maximum absolute atomic E-state index is 5.96. The molecule has 1 saturated heterocycles. The Hall–Kier alpha value is -1.76. The van der Waals surface area contributed by atoms with E-state index in [9.17, 15) is 0 Å². The number of nitrogens with two attached hydrogens (primary N) is 1. The number of fused-ring (bicyclic) bond motifs is 1. The van der Waals surface area contributed by atoms with Crippen LogP contribution in [0.3, 0.4) is 0 Å². The van der Waals surface area contributed by atoms with Gasteiger partial charge in [-0.25, -0.2) is 0 Å². The predicted molar refractivity (Wildman–Crippen MR) is 58.0 cm³/mol. The van der Waals surface area contributed by atoms with Crippen molar-refractivity contribution in [1.29, 1.82) is 0 Å². The third kappa shape index (κ3) is 1.49. The van der Waals surface area contributed by atoms with Gasteiger partial charge < -0.3 is 10.6 Å².